The number of anilines is 3. The molecule has 1 amide bonds. The predicted molar refractivity (Wildman–Crippen MR) is 97.8 cm³/mol. The van der Waals surface area contributed by atoms with Gasteiger partial charge in [0.05, 0.1) is 17.4 Å². The minimum absolute atomic E-state index is 0.232. The molecule has 0 unspecified atom stereocenters. The number of pyridine rings is 1. The molecule has 126 valence electrons. The van der Waals surface area contributed by atoms with Crippen molar-refractivity contribution in [1.29, 1.82) is 0 Å². The smallest absolute Gasteiger partial charge is 0.257 e. The van der Waals surface area contributed by atoms with Crippen molar-refractivity contribution in [3.05, 3.63) is 83.4 Å². The third-order valence-electron chi connectivity index (χ3n) is 3.99. The van der Waals surface area contributed by atoms with Gasteiger partial charge in [-0.25, -0.2) is 4.39 Å². The zero-order valence-electron chi connectivity index (χ0n) is 14.0. The van der Waals surface area contributed by atoms with Crippen molar-refractivity contribution in [2.75, 3.05) is 10.6 Å². The molecule has 4 nitrogen and oxygen atoms in total. The average molecular weight is 335 g/mol. The third kappa shape index (κ3) is 4.01. The van der Waals surface area contributed by atoms with E-state index in [0.29, 0.717) is 11.3 Å². The average Bonchev–Trinajstić information content (AvgIpc) is 2.61. The second kappa shape index (κ2) is 7.13. The number of rotatable bonds is 4. The Hall–Kier alpha value is -3.21. The summed E-state index contributed by atoms with van der Waals surface area (Å²) in [5.41, 5.74) is 4.73. The SMILES string of the molecule is Cc1cccc(NC(=O)c2cncc(Nc3ccc(F)cc3)c2)c1C. The standard InChI is InChI=1S/C20H18FN3O/c1-13-4-3-5-19(14(13)2)24-20(25)15-10-18(12-22-11-15)23-17-8-6-16(21)7-9-17/h3-12,23H,1-2H3,(H,24,25). The fourth-order valence-electron chi connectivity index (χ4n) is 2.41. The molecule has 0 saturated carbocycles. The van der Waals surface area contributed by atoms with Gasteiger partial charge in [0.1, 0.15) is 5.82 Å². The molecule has 3 rings (SSSR count). The van der Waals surface area contributed by atoms with Gasteiger partial charge in [0.15, 0.2) is 0 Å². The van der Waals surface area contributed by atoms with Crippen LogP contribution in [0.15, 0.2) is 60.9 Å². The van der Waals surface area contributed by atoms with Crippen LogP contribution < -0.4 is 10.6 Å². The van der Waals surface area contributed by atoms with Crippen LogP contribution in [0.25, 0.3) is 0 Å². The Balaban J connectivity index is 1.77. The van der Waals surface area contributed by atoms with E-state index < -0.39 is 0 Å². The van der Waals surface area contributed by atoms with Crippen molar-refractivity contribution >= 4 is 23.0 Å². The molecule has 0 fully saturated rings. The largest absolute Gasteiger partial charge is 0.354 e. The minimum atomic E-state index is -0.301. The van der Waals surface area contributed by atoms with Crippen LogP contribution in [0.2, 0.25) is 0 Å². The van der Waals surface area contributed by atoms with Gasteiger partial charge in [-0.1, -0.05) is 12.1 Å². The molecule has 25 heavy (non-hydrogen) atoms. The number of benzene rings is 2. The molecular formula is C20H18FN3O. The van der Waals surface area contributed by atoms with Gasteiger partial charge < -0.3 is 10.6 Å². The summed E-state index contributed by atoms with van der Waals surface area (Å²) in [6.07, 6.45) is 3.12. The first-order valence-corrected chi connectivity index (χ1v) is 7.88. The summed E-state index contributed by atoms with van der Waals surface area (Å²) in [4.78, 5) is 16.6. The quantitative estimate of drug-likeness (QED) is 0.718. The molecule has 0 saturated heterocycles. The Kier molecular flexibility index (Phi) is 4.75. The Morgan fingerprint density at radius 1 is 1.00 bits per heavy atom. The third-order valence-corrected chi connectivity index (χ3v) is 3.99. The van der Waals surface area contributed by atoms with Crippen LogP contribution in [0, 0.1) is 19.7 Å². The fourth-order valence-corrected chi connectivity index (χ4v) is 2.41. The van der Waals surface area contributed by atoms with Crippen molar-refractivity contribution in [3.8, 4) is 0 Å². The summed E-state index contributed by atoms with van der Waals surface area (Å²) in [5, 5.41) is 6.01. The first-order valence-electron chi connectivity index (χ1n) is 7.88. The number of carbonyl (C=O) groups is 1. The highest BCUT2D eigenvalue weighted by Gasteiger charge is 2.10. The van der Waals surface area contributed by atoms with Crippen molar-refractivity contribution in [2.45, 2.75) is 13.8 Å². The molecule has 5 heteroatoms. The van der Waals surface area contributed by atoms with E-state index in [1.807, 2.05) is 32.0 Å². The molecule has 0 atom stereocenters. The van der Waals surface area contributed by atoms with Gasteiger partial charge in [-0.2, -0.15) is 0 Å². The van der Waals surface area contributed by atoms with E-state index in [2.05, 4.69) is 15.6 Å². The van der Waals surface area contributed by atoms with Crippen molar-refractivity contribution in [1.82, 2.24) is 4.98 Å². The Morgan fingerprint density at radius 3 is 2.52 bits per heavy atom. The topological polar surface area (TPSA) is 54.0 Å². The number of hydrogen-bond donors (Lipinski definition) is 2. The highest BCUT2D eigenvalue weighted by atomic mass is 19.1. The van der Waals surface area contributed by atoms with Gasteiger partial charge in [0.25, 0.3) is 5.91 Å². The molecule has 0 bridgehead atoms. The van der Waals surface area contributed by atoms with Gasteiger partial charge in [-0.3, -0.25) is 9.78 Å². The van der Waals surface area contributed by atoms with E-state index in [4.69, 9.17) is 0 Å². The second-order valence-corrected chi connectivity index (χ2v) is 5.80. The molecule has 1 heterocycles. The summed E-state index contributed by atoms with van der Waals surface area (Å²) >= 11 is 0. The lowest BCUT2D eigenvalue weighted by atomic mass is 10.1. The molecule has 2 aromatic carbocycles. The highest BCUT2D eigenvalue weighted by molar-refractivity contribution is 6.05. The van der Waals surface area contributed by atoms with Crippen LogP contribution in [-0.2, 0) is 0 Å². The highest BCUT2D eigenvalue weighted by Crippen LogP contribution is 2.20. The van der Waals surface area contributed by atoms with Gasteiger partial charge >= 0.3 is 0 Å². The van der Waals surface area contributed by atoms with Gasteiger partial charge in [0.2, 0.25) is 0 Å². The van der Waals surface area contributed by atoms with Crippen LogP contribution in [0.5, 0.6) is 0 Å². The first kappa shape index (κ1) is 16.6. The number of nitrogens with one attached hydrogen (secondary N) is 2. The summed E-state index contributed by atoms with van der Waals surface area (Å²) in [6, 6.07) is 13.5. The molecule has 0 aliphatic carbocycles. The van der Waals surface area contributed by atoms with E-state index >= 15 is 0 Å². The second-order valence-electron chi connectivity index (χ2n) is 5.80. The molecule has 2 N–H and O–H groups in total. The lowest BCUT2D eigenvalue weighted by molar-refractivity contribution is 0.102. The van der Waals surface area contributed by atoms with Crippen molar-refractivity contribution in [2.24, 2.45) is 0 Å². The molecular weight excluding hydrogens is 317 g/mol. The zero-order chi connectivity index (χ0) is 17.8. The van der Waals surface area contributed by atoms with Crippen LogP contribution in [0.1, 0.15) is 21.5 Å². The monoisotopic (exact) mass is 335 g/mol. The maximum absolute atomic E-state index is 13.0. The van der Waals surface area contributed by atoms with Crippen molar-refractivity contribution in [3.63, 3.8) is 0 Å². The first-order chi connectivity index (χ1) is 12.0. The normalized spacial score (nSPS) is 10.4. The van der Waals surface area contributed by atoms with Crippen LogP contribution >= 0.6 is 0 Å². The minimum Gasteiger partial charge on any atom is -0.354 e. The molecule has 0 aliphatic rings. The summed E-state index contributed by atoms with van der Waals surface area (Å²) in [5.74, 6) is -0.533. The maximum atomic E-state index is 13.0. The Labute approximate surface area is 145 Å². The number of aromatic nitrogens is 1. The van der Waals surface area contributed by atoms with Crippen LogP contribution in [0.4, 0.5) is 21.5 Å². The van der Waals surface area contributed by atoms with Gasteiger partial charge in [0, 0.05) is 17.6 Å². The van der Waals surface area contributed by atoms with E-state index in [-0.39, 0.29) is 11.7 Å². The van der Waals surface area contributed by atoms with Gasteiger partial charge in [-0.15, -0.1) is 0 Å². The van der Waals surface area contributed by atoms with E-state index in [1.54, 1.807) is 24.4 Å². The maximum Gasteiger partial charge on any atom is 0.257 e. The van der Waals surface area contributed by atoms with Gasteiger partial charge in [-0.05, 0) is 61.4 Å². The zero-order valence-corrected chi connectivity index (χ0v) is 14.0. The fraction of sp³-hybridized carbons (Fsp3) is 0.100. The van der Waals surface area contributed by atoms with Crippen molar-refractivity contribution < 1.29 is 9.18 Å². The molecule has 0 spiro atoms. The van der Waals surface area contributed by atoms with E-state index in [9.17, 15) is 9.18 Å². The molecule has 0 aliphatic heterocycles. The Morgan fingerprint density at radius 2 is 1.76 bits per heavy atom. The lowest BCUT2D eigenvalue weighted by Crippen LogP contribution is -2.13. The molecule has 0 radical (unpaired) electrons. The number of nitrogens with zero attached hydrogens (tertiary/aromatic N) is 1. The number of amides is 1. The number of halogens is 1. The van der Waals surface area contributed by atoms with E-state index in [0.717, 1.165) is 22.5 Å². The predicted octanol–water partition coefficient (Wildman–Crippen LogP) is 4.83. The van der Waals surface area contributed by atoms with Crippen LogP contribution in [0.3, 0.4) is 0 Å². The Bertz CT molecular complexity index is 907. The molecule has 3 aromatic rings. The molecule has 1 aromatic heterocycles. The number of carbonyl (C=O) groups excluding carboxylic acids is 1. The number of hydrogen-bond acceptors (Lipinski definition) is 3. The summed E-state index contributed by atoms with van der Waals surface area (Å²) < 4.78 is 13.0. The summed E-state index contributed by atoms with van der Waals surface area (Å²) in [6.45, 7) is 3.97. The number of aryl methyl sites for hydroxylation is 1. The summed E-state index contributed by atoms with van der Waals surface area (Å²) in [7, 11) is 0. The van der Waals surface area contributed by atoms with Crippen LogP contribution in [-0.4, -0.2) is 10.9 Å². The lowest BCUT2D eigenvalue weighted by Gasteiger charge is -2.11. The van der Waals surface area contributed by atoms with E-state index in [1.165, 1.54) is 18.3 Å².